The van der Waals surface area contributed by atoms with E-state index in [0.29, 0.717) is 0 Å². The van der Waals surface area contributed by atoms with Crippen LogP contribution in [0.25, 0.3) is 0 Å². The summed E-state index contributed by atoms with van der Waals surface area (Å²) in [5, 5.41) is 4.97. The van der Waals surface area contributed by atoms with Gasteiger partial charge in [-0.1, -0.05) is 13.8 Å². The molecule has 0 bridgehead atoms. The van der Waals surface area contributed by atoms with Gasteiger partial charge in [0.05, 0.1) is 17.1 Å². The van der Waals surface area contributed by atoms with Crippen LogP contribution >= 0.6 is 15.9 Å². The minimum absolute atomic E-state index is 0.0482. The smallest absolute Gasteiger partial charge is 0.341 e. The van der Waals surface area contributed by atoms with Gasteiger partial charge < -0.3 is 4.74 Å². The third-order valence-corrected chi connectivity index (χ3v) is 3.97. The second kappa shape index (κ2) is 5.98. The molecular weight excluding hydrogens is 341 g/mol. The topological polar surface area (TPSA) is 86.5 Å². The fraction of sp³-hybridized carbons (Fsp3) is 0.364. The third kappa shape index (κ3) is 4.26. The molecule has 0 amide bonds. The molecule has 0 saturated heterocycles. The van der Waals surface area contributed by atoms with E-state index in [-0.39, 0.29) is 21.9 Å². The zero-order valence-electron chi connectivity index (χ0n) is 10.3. The molecule has 0 aliphatic heterocycles. The Morgan fingerprint density at radius 2 is 2.05 bits per heavy atom. The highest BCUT2D eigenvalue weighted by Crippen LogP contribution is 2.25. The first-order chi connectivity index (χ1) is 8.62. The van der Waals surface area contributed by atoms with E-state index < -0.39 is 27.4 Å². The molecule has 0 aromatic heterocycles. The molecule has 0 unspecified atom stereocenters. The van der Waals surface area contributed by atoms with Crippen LogP contribution in [0.1, 0.15) is 24.2 Å². The molecule has 0 radical (unpaired) electrons. The average molecular weight is 354 g/mol. The zero-order chi connectivity index (χ0) is 14.8. The van der Waals surface area contributed by atoms with Crippen molar-refractivity contribution >= 4 is 31.9 Å². The van der Waals surface area contributed by atoms with Crippen LogP contribution in [0.4, 0.5) is 4.39 Å². The van der Waals surface area contributed by atoms with E-state index in [2.05, 4.69) is 15.9 Å². The Labute approximate surface area is 119 Å². The van der Waals surface area contributed by atoms with E-state index in [0.717, 1.165) is 12.1 Å². The molecule has 0 spiro atoms. The van der Waals surface area contributed by atoms with Crippen molar-refractivity contribution < 1.29 is 22.3 Å². The molecule has 0 atom stereocenters. The number of sulfonamides is 1. The number of carbonyl (C=O) groups is 1. The molecule has 19 heavy (non-hydrogen) atoms. The van der Waals surface area contributed by atoms with Crippen molar-refractivity contribution in [2.24, 2.45) is 11.1 Å². The van der Waals surface area contributed by atoms with Crippen molar-refractivity contribution in [1.29, 1.82) is 0 Å². The molecule has 1 aromatic rings. The molecule has 1 aromatic carbocycles. The molecule has 8 heteroatoms. The molecule has 0 aliphatic carbocycles. The maximum Gasteiger partial charge on any atom is 0.341 e. The van der Waals surface area contributed by atoms with Crippen LogP contribution in [-0.2, 0) is 14.8 Å². The summed E-state index contributed by atoms with van der Waals surface area (Å²) in [6, 6.07) is 1.73. The minimum Gasteiger partial charge on any atom is -0.462 e. The lowest BCUT2D eigenvalue weighted by Crippen LogP contribution is -2.16. The van der Waals surface area contributed by atoms with Crippen molar-refractivity contribution in [2.75, 3.05) is 6.61 Å². The minimum atomic E-state index is -4.06. The second-order valence-corrected chi connectivity index (χ2v) is 6.68. The fourth-order valence-electron chi connectivity index (χ4n) is 1.22. The highest BCUT2D eigenvalue weighted by Gasteiger charge is 2.21. The number of primary sulfonamides is 1. The first-order valence-electron chi connectivity index (χ1n) is 5.32. The van der Waals surface area contributed by atoms with E-state index in [1.54, 1.807) is 0 Å². The van der Waals surface area contributed by atoms with Gasteiger partial charge in [-0.3, -0.25) is 0 Å². The first-order valence-corrected chi connectivity index (χ1v) is 7.66. The molecule has 1 rings (SSSR count). The van der Waals surface area contributed by atoms with Gasteiger partial charge in [-0.2, -0.15) is 0 Å². The molecule has 0 aliphatic rings. The van der Waals surface area contributed by atoms with Crippen LogP contribution in [0.2, 0.25) is 0 Å². The molecule has 5 nitrogen and oxygen atoms in total. The fourth-order valence-corrected chi connectivity index (χ4v) is 2.83. The maximum absolute atomic E-state index is 13.6. The summed E-state index contributed by atoms with van der Waals surface area (Å²) in [6.07, 6.45) is 0. The maximum atomic E-state index is 13.6. The molecular formula is C11H13BrFNO4S. The number of esters is 1. The van der Waals surface area contributed by atoms with Gasteiger partial charge in [-0.25, -0.2) is 22.7 Å². The Kier molecular flexibility index (Phi) is 5.05. The quantitative estimate of drug-likeness (QED) is 0.839. The van der Waals surface area contributed by atoms with Crippen molar-refractivity contribution in [3.05, 3.63) is 28.0 Å². The van der Waals surface area contributed by atoms with Gasteiger partial charge in [0.15, 0.2) is 0 Å². The molecule has 0 fully saturated rings. The third-order valence-electron chi connectivity index (χ3n) is 2.10. The average Bonchev–Trinajstić information content (AvgIpc) is 2.24. The summed E-state index contributed by atoms with van der Waals surface area (Å²) in [7, 11) is -4.06. The van der Waals surface area contributed by atoms with E-state index in [9.17, 15) is 17.6 Å². The lowest BCUT2D eigenvalue weighted by Gasteiger charge is -2.09. The number of hydrogen-bond acceptors (Lipinski definition) is 4. The van der Waals surface area contributed by atoms with Crippen molar-refractivity contribution in [1.82, 2.24) is 0 Å². The van der Waals surface area contributed by atoms with Crippen molar-refractivity contribution in [3.63, 3.8) is 0 Å². The van der Waals surface area contributed by atoms with Crippen LogP contribution in [-0.4, -0.2) is 21.0 Å². The standard InChI is InChI=1S/C11H13BrFNO4S/c1-6(2)5-18-11(15)7-3-10(19(14,16)17)8(12)4-9(7)13/h3-4,6H,5H2,1-2H3,(H2,14,16,17). The molecule has 106 valence electrons. The number of rotatable bonds is 4. The van der Waals surface area contributed by atoms with Crippen LogP contribution in [0, 0.1) is 11.7 Å². The van der Waals surface area contributed by atoms with Gasteiger partial charge in [0.1, 0.15) is 5.82 Å². The molecule has 0 heterocycles. The highest BCUT2D eigenvalue weighted by molar-refractivity contribution is 9.10. The number of carbonyl (C=O) groups excluding carboxylic acids is 1. The zero-order valence-corrected chi connectivity index (χ0v) is 12.7. The number of ether oxygens (including phenoxy) is 1. The predicted octanol–water partition coefficient (Wildman–Crippen LogP) is 2.05. The largest absolute Gasteiger partial charge is 0.462 e. The number of benzene rings is 1. The number of hydrogen-bond donors (Lipinski definition) is 1. The summed E-state index contributed by atoms with van der Waals surface area (Å²) in [6.45, 7) is 3.75. The van der Waals surface area contributed by atoms with E-state index in [1.165, 1.54) is 0 Å². The van der Waals surface area contributed by atoms with Gasteiger partial charge in [-0.05, 0) is 34.0 Å². The van der Waals surface area contributed by atoms with Crippen LogP contribution in [0.5, 0.6) is 0 Å². The Balaban J connectivity index is 3.19. The summed E-state index contributed by atoms with van der Waals surface area (Å²) in [4.78, 5) is 11.3. The Morgan fingerprint density at radius 3 is 2.53 bits per heavy atom. The second-order valence-electron chi connectivity index (χ2n) is 4.30. The van der Waals surface area contributed by atoms with Crippen molar-refractivity contribution in [3.8, 4) is 0 Å². The monoisotopic (exact) mass is 353 g/mol. The SMILES string of the molecule is CC(C)COC(=O)c1cc(S(N)(=O)=O)c(Br)cc1F. The Bertz CT molecular complexity index is 601. The molecule has 0 saturated carbocycles. The van der Waals surface area contributed by atoms with E-state index in [4.69, 9.17) is 9.88 Å². The Morgan fingerprint density at radius 1 is 1.47 bits per heavy atom. The summed E-state index contributed by atoms with van der Waals surface area (Å²) >= 11 is 2.88. The Hall–Kier alpha value is -0.990. The van der Waals surface area contributed by atoms with Gasteiger partial charge in [-0.15, -0.1) is 0 Å². The van der Waals surface area contributed by atoms with Crippen LogP contribution in [0.3, 0.4) is 0 Å². The normalized spacial score (nSPS) is 11.7. The van der Waals surface area contributed by atoms with Gasteiger partial charge in [0.25, 0.3) is 0 Å². The highest BCUT2D eigenvalue weighted by atomic mass is 79.9. The summed E-state index contributed by atoms with van der Waals surface area (Å²) in [5.41, 5.74) is -0.465. The van der Waals surface area contributed by atoms with Gasteiger partial charge in [0.2, 0.25) is 10.0 Å². The van der Waals surface area contributed by atoms with Crippen LogP contribution in [0.15, 0.2) is 21.5 Å². The van der Waals surface area contributed by atoms with Crippen LogP contribution < -0.4 is 5.14 Å². The first kappa shape index (κ1) is 16.1. The number of halogens is 2. The summed E-state index contributed by atoms with van der Waals surface area (Å²) in [5.74, 6) is -1.73. The van der Waals surface area contributed by atoms with E-state index in [1.807, 2.05) is 13.8 Å². The lowest BCUT2D eigenvalue weighted by atomic mass is 10.2. The van der Waals surface area contributed by atoms with Gasteiger partial charge in [0, 0.05) is 4.47 Å². The lowest BCUT2D eigenvalue weighted by molar-refractivity contribution is 0.0453. The number of nitrogens with two attached hydrogens (primary N) is 1. The molecule has 2 N–H and O–H groups in total. The van der Waals surface area contributed by atoms with E-state index >= 15 is 0 Å². The van der Waals surface area contributed by atoms with Crippen molar-refractivity contribution in [2.45, 2.75) is 18.7 Å². The van der Waals surface area contributed by atoms with Gasteiger partial charge >= 0.3 is 5.97 Å². The summed E-state index contributed by atoms with van der Waals surface area (Å²) < 4.78 is 41.0. The predicted molar refractivity (Wildman–Crippen MR) is 70.6 cm³/mol.